The van der Waals surface area contributed by atoms with Crippen molar-refractivity contribution in [3.05, 3.63) is 35.9 Å². The van der Waals surface area contributed by atoms with Gasteiger partial charge in [0, 0.05) is 27.2 Å². The maximum Gasteiger partial charge on any atom is 0.0967 e. The van der Waals surface area contributed by atoms with Gasteiger partial charge < -0.3 is 5.32 Å². The smallest absolute Gasteiger partial charge is 0.0967 e. The zero-order valence-electron chi connectivity index (χ0n) is 11.6. The lowest BCUT2D eigenvalue weighted by Gasteiger charge is -2.19. The van der Waals surface area contributed by atoms with E-state index in [2.05, 4.69) is 40.4 Å². The maximum absolute atomic E-state index is 4.76. The lowest BCUT2D eigenvalue weighted by molar-refractivity contribution is 0.143. The molecule has 3 N–H and O–H groups in total. The van der Waals surface area contributed by atoms with E-state index in [1.165, 1.54) is 5.56 Å². The summed E-state index contributed by atoms with van der Waals surface area (Å²) >= 11 is 9.53. The SMILES string of the molecule is CNN(CCCNCc1ccccc1)NC.ClCCl. The van der Waals surface area contributed by atoms with E-state index in [1.807, 2.05) is 25.3 Å². The highest BCUT2D eigenvalue weighted by Crippen LogP contribution is 1.96. The molecule has 0 fully saturated rings. The molecule has 0 saturated heterocycles. The van der Waals surface area contributed by atoms with Crippen molar-refractivity contribution in [3.63, 3.8) is 0 Å². The number of benzene rings is 1. The van der Waals surface area contributed by atoms with Gasteiger partial charge in [0.25, 0.3) is 0 Å². The van der Waals surface area contributed by atoms with Crippen LogP contribution >= 0.6 is 23.2 Å². The molecule has 0 aliphatic rings. The third-order valence-electron chi connectivity index (χ3n) is 2.45. The highest BCUT2D eigenvalue weighted by molar-refractivity contribution is 6.40. The first-order chi connectivity index (χ1) is 9.28. The van der Waals surface area contributed by atoms with Crippen LogP contribution in [0.1, 0.15) is 12.0 Å². The number of nitrogens with zero attached hydrogens (tertiary/aromatic N) is 1. The summed E-state index contributed by atoms with van der Waals surface area (Å²) < 4.78 is 0. The lowest BCUT2D eigenvalue weighted by atomic mass is 10.2. The van der Waals surface area contributed by atoms with E-state index in [9.17, 15) is 0 Å². The maximum atomic E-state index is 4.76. The largest absolute Gasteiger partial charge is 0.313 e. The fourth-order valence-corrected chi connectivity index (χ4v) is 1.53. The molecule has 0 amide bonds. The van der Waals surface area contributed by atoms with Crippen molar-refractivity contribution in [2.75, 3.05) is 32.5 Å². The van der Waals surface area contributed by atoms with Gasteiger partial charge >= 0.3 is 0 Å². The van der Waals surface area contributed by atoms with Gasteiger partial charge in [0.1, 0.15) is 0 Å². The van der Waals surface area contributed by atoms with E-state index in [0.717, 1.165) is 26.1 Å². The minimum Gasteiger partial charge on any atom is -0.313 e. The van der Waals surface area contributed by atoms with Gasteiger partial charge in [-0.3, -0.25) is 0 Å². The molecule has 0 radical (unpaired) electrons. The number of halogens is 2. The predicted molar refractivity (Wildman–Crippen MR) is 84.2 cm³/mol. The molecule has 6 heteroatoms. The van der Waals surface area contributed by atoms with Gasteiger partial charge in [0.15, 0.2) is 0 Å². The van der Waals surface area contributed by atoms with Gasteiger partial charge in [-0.2, -0.15) is 5.12 Å². The van der Waals surface area contributed by atoms with Crippen LogP contribution in [0.25, 0.3) is 0 Å². The molecule has 0 spiro atoms. The molecule has 1 aromatic carbocycles. The fraction of sp³-hybridized carbons (Fsp3) is 0.538. The molecule has 19 heavy (non-hydrogen) atoms. The molecule has 0 saturated carbocycles. The van der Waals surface area contributed by atoms with Crippen LogP contribution in [0.5, 0.6) is 0 Å². The molecular weight excluding hydrogens is 283 g/mol. The Morgan fingerprint density at radius 2 is 1.63 bits per heavy atom. The average Bonchev–Trinajstić information content (AvgIpc) is 2.45. The predicted octanol–water partition coefficient (Wildman–Crippen LogP) is 2.16. The Morgan fingerprint density at radius 1 is 1.05 bits per heavy atom. The van der Waals surface area contributed by atoms with Crippen molar-refractivity contribution in [2.45, 2.75) is 13.0 Å². The Kier molecular flexibility index (Phi) is 13.8. The van der Waals surface area contributed by atoms with Gasteiger partial charge in [-0.1, -0.05) is 30.3 Å². The molecule has 1 rings (SSSR count). The van der Waals surface area contributed by atoms with Crippen molar-refractivity contribution in [1.82, 2.24) is 21.3 Å². The first kappa shape index (κ1) is 18.6. The number of hydrazine groups is 2. The first-order valence-corrected chi connectivity index (χ1v) is 7.34. The van der Waals surface area contributed by atoms with Crippen LogP contribution < -0.4 is 16.2 Å². The Labute approximate surface area is 126 Å². The normalized spacial score (nSPS) is 10.2. The summed E-state index contributed by atoms with van der Waals surface area (Å²) in [5, 5.41) is 5.58. The van der Waals surface area contributed by atoms with Gasteiger partial charge in [-0.25, -0.2) is 10.9 Å². The van der Waals surface area contributed by atoms with Crippen molar-refractivity contribution >= 4 is 23.2 Å². The Bertz CT molecular complexity index is 281. The summed E-state index contributed by atoms with van der Waals surface area (Å²) in [5.41, 5.74) is 7.44. The van der Waals surface area contributed by atoms with Crippen molar-refractivity contribution in [2.24, 2.45) is 0 Å². The van der Waals surface area contributed by atoms with Gasteiger partial charge in [0.2, 0.25) is 0 Å². The highest BCUT2D eigenvalue weighted by Gasteiger charge is 1.96. The summed E-state index contributed by atoms with van der Waals surface area (Å²) in [7, 11) is 3.82. The van der Waals surface area contributed by atoms with E-state index >= 15 is 0 Å². The zero-order chi connectivity index (χ0) is 14.3. The third-order valence-corrected chi connectivity index (χ3v) is 2.45. The topological polar surface area (TPSA) is 39.3 Å². The zero-order valence-corrected chi connectivity index (χ0v) is 13.1. The van der Waals surface area contributed by atoms with E-state index in [4.69, 9.17) is 23.2 Å². The number of rotatable bonds is 8. The quantitative estimate of drug-likeness (QED) is 0.391. The van der Waals surface area contributed by atoms with Crippen molar-refractivity contribution in [3.8, 4) is 0 Å². The average molecular weight is 307 g/mol. The van der Waals surface area contributed by atoms with Crippen LogP contribution in [-0.4, -0.2) is 37.6 Å². The highest BCUT2D eigenvalue weighted by atomic mass is 35.5. The molecular formula is C13H24Cl2N4. The second kappa shape index (κ2) is 14.1. The standard InChI is InChI=1S/C12H22N4.CH2Cl2/c1-13-16(14-2)10-6-9-15-11-12-7-4-3-5-8-12;2-1-3/h3-5,7-8,13-15H,6,9-11H2,1-2H3;1H2. The molecule has 110 valence electrons. The minimum atomic E-state index is 0.194. The first-order valence-electron chi connectivity index (χ1n) is 6.27. The van der Waals surface area contributed by atoms with E-state index < -0.39 is 0 Å². The van der Waals surface area contributed by atoms with Crippen LogP contribution in [0.3, 0.4) is 0 Å². The van der Waals surface area contributed by atoms with E-state index in [-0.39, 0.29) is 5.34 Å². The fourth-order valence-electron chi connectivity index (χ4n) is 1.53. The molecule has 0 heterocycles. The lowest BCUT2D eigenvalue weighted by Crippen LogP contribution is -2.45. The van der Waals surface area contributed by atoms with Crippen LogP contribution in [0.4, 0.5) is 0 Å². The van der Waals surface area contributed by atoms with E-state index in [1.54, 1.807) is 0 Å². The summed E-state index contributed by atoms with van der Waals surface area (Å²) in [4.78, 5) is 0. The Morgan fingerprint density at radius 3 is 2.16 bits per heavy atom. The Hall–Kier alpha value is -0.360. The minimum absolute atomic E-state index is 0.194. The summed E-state index contributed by atoms with van der Waals surface area (Å²) in [6, 6.07) is 10.5. The Balaban J connectivity index is 0.000000982. The second-order valence-corrected chi connectivity index (χ2v) is 4.52. The van der Waals surface area contributed by atoms with Crippen LogP contribution in [-0.2, 0) is 6.54 Å². The molecule has 0 aliphatic carbocycles. The summed E-state index contributed by atoms with van der Waals surface area (Å²) in [5.74, 6) is 0. The third kappa shape index (κ3) is 11.2. The number of alkyl halides is 2. The molecule has 4 nitrogen and oxygen atoms in total. The van der Waals surface area contributed by atoms with E-state index in [0.29, 0.717) is 0 Å². The number of hydrogen-bond acceptors (Lipinski definition) is 4. The molecule has 1 aromatic rings. The van der Waals surface area contributed by atoms with Gasteiger partial charge in [-0.05, 0) is 18.5 Å². The van der Waals surface area contributed by atoms with Crippen molar-refractivity contribution < 1.29 is 0 Å². The monoisotopic (exact) mass is 306 g/mol. The molecule has 0 bridgehead atoms. The van der Waals surface area contributed by atoms with Gasteiger partial charge in [0.05, 0.1) is 5.34 Å². The number of hydrogen-bond donors (Lipinski definition) is 3. The molecule has 0 aromatic heterocycles. The van der Waals surface area contributed by atoms with Crippen LogP contribution in [0, 0.1) is 0 Å². The summed E-state index contributed by atoms with van der Waals surface area (Å²) in [6.07, 6.45) is 1.11. The number of nitrogens with one attached hydrogen (secondary N) is 3. The molecule has 0 atom stereocenters. The second-order valence-electron chi connectivity index (χ2n) is 3.72. The van der Waals surface area contributed by atoms with Crippen LogP contribution in [0.15, 0.2) is 30.3 Å². The molecule has 0 aliphatic heterocycles. The van der Waals surface area contributed by atoms with Gasteiger partial charge in [-0.15, -0.1) is 23.2 Å². The van der Waals surface area contributed by atoms with Crippen molar-refractivity contribution in [1.29, 1.82) is 0 Å². The van der Waals surface area contributed by atoms with Crippen LogP contribution in [0.2, 0.25) is 0 Å². The molecule has 0 unspecified atom stereocenters. The summed E-state index contributed by atoms with van der Waals surface area (Å²) in [6.45, 7) is 2.95.